The first-order valence-corrected chi connectivity index (χ1v) is 7.80. The number of ketones is 1. The molecule has 0 bridgehead atoms. The minimum atomic E-state index is 0.144. The van der Waals surface area contributed by atoms with Gasteiger partial charge in [0.2, 0.25) is 0 Å². The van der Waals surface area contributed by atoms with E-state index < -0.39 is 0 Å². The molecule has 0 heterocycles. The Balaban J connectivity index is 2.08. The van der Waals surface area contributed by atoms with Crippen molar-refractivity contribution in [1.29, 1.82) is 0 Å². The number of Topliss-reactive ketones (excluding diaryl/α,β-unsaturated/α-hetero) is 1. The molecule has 0 atom stereocenters. The van der Waals surface area contributed by atoms with E-state index in [2.05, 4.69) is 0 Å². The Hall–Kier alpha value is -2.75. The van der Waals surface area contributed by atoms with Crippen LogP contribution in [0.1, 0.15) is 23.1 Å². The Bertz CT molecular complexity index is 805. The van der Waals surface area contributed by atoms with Crippen LogP contribution >= 0.6 is 0 Å². The van der Waals surface area contributed by atoms with E-state index in [1.54, 1.807) is 21.3 Å². The molecule has 0 amide bonds. The molecule has 0 unspecified atom stereocenters. The molecule has 0 spiro atoms. The van der Waals surface area contributed by atoms with Crippen molar-refractivity contribution in [2.75, 3.05) is 21.3 Å². The van der Waals surface area contributed by atoms with Crippen molar-refractivity contribution in [2.24, 2.45) is 0 Å². The lowest BCUT2D eigenvalue weighted by atomic mass is 9.85. The first kappa shape index (κ1) is 16.1. The molecule has 0 N–H and O–H groups in total. The minimum absolute atomic E-state index is 0.144. The monoisotopic (exact) mass is 324 g/mol. The van der Waals surface area contributed by atoms with Gasteiger partial charge >= 0.3 is 0 Å². The van der Waals surface area contributed by atoms with Gasteiger partial charge in [-0.3, -0.25) is 4.79 Å². The maximum absolute atomic E-state index is 12.5. The fraction of sp³-hybridized carbons (Fsp3) is 0.250. The molecule has 0 saturated heterocycles. The van der Waals surface area contributed by atoms with Gasteiger partial charge in [-0.15, -0.1) is 0 Å². The average Bonchev–Trinajstić information content (AvgIpc) is 2.63. The average molecular weight is 324 g/mol. The molecule has 0 aromatic heterocycles. The van der Waals surface area contributed by atoms with Gasteiger partial charge < -0.3 is 14.2 Å². The smallest absolute Gasteiger partial charge is 0.163 e. The number of fused-ring (bicyclic) bond motifs is 1. The van der Waals surface area contributed by atoms with E-state index >= 15 is 0 Å². The highest BCUT2D eigenvalue weighted by molar-refractivity contribution is 6.26. The van der Waals surface area contributed by atoms with Crippen LogP contribution in [0.4, 0.5) is 0 Å². The standard InChI is InChI=1S/C20H20O4/c1-22-15-7-5-14-6-8-18(21)17(16(14)12-15)10-13-4-9-19(23-2)20(11-13)24-3/h4-5,7,9-12H,6,8H2,1-3H3/b17-10+. The number of methoxy groups -OCH3 is 3. The molecule has 0 fully saturated rings. The number of aryl methyl sites for hydroxylation is 1. The zero-order valence-electron chi connectivity index (χ0n) is 14.1. The highest BCUT2D eigenvalue weighted by Crippen LogP contribution is 2.34. The van der Waals surface area contributed by atoms with Crippen LogP contribution in [-0.4, -0.2) is 27.1 Å². The van der Waals surface area contributed by atoms with E-state index in [1.165, 1.54) is 5.56 Å². The molecule has 124 valence electrons. The fourth-order valence-corrected chi connectivity index (χ4v) is 2.95. The van der Waals surface area contributed by atoms with E-state index in [4.69, 9.17) is 14.2 Å². The number of hydrogen-bond donors (Lipinski definition) is 0. The Morgan fingerprint density at radius 2 is 1.67 bits per heavy atom. The van der Waals surface area contributed by atoms with Gasteiger partial charge in [0.1, 0.15) is 5.75 Å². The zero-order chi connectivity index (χ0) is 17.1. The van der Waals surface area contributed by atoms with Crippen molar-refractivity contribution < 1.29 is 19.0 Å². The fourth-order valence-electron chi connectivity index (χ4n) is 2.95. The molecule has 0 aliphatic heterocycles. The second-order valence-electron chi connectivity index (χ2n) is 5.62. The second kappa shape index (κ2) is 6.79. The molecule has 0 radical (unpaired) electrons. The van der Waals surface area contributed by atoms with Gasteiger partial charge in [-0.1, -0.05) is 12.1 Å². The van der Waals surface area contributed by atoms with E-state index in [-0.39, 0.29) is 5.78 Å². The van der Waals surface area contributed by atoms with Crippen molar-refractivity contribution in [3.8, 4) is 17.2 Å². The summed E-state index contributed by atoms with van der Waals surface area (Å²) in [6.45, 7) is 0. The Labute approximate surface area is 141 Å². The summed E-state index contributed by atoms with van der Waals surface area (Å²) < 4.78 is 15.9. The summed E-state index contributed by atoms with van der Waals surface area (Å²) in [5.74, 6) is 2.20. The number of allylic oxidation sites excluding steroid dienone is 1. The maximum Gasteiger partial charge on any atom is 0.163 e. The number of benzene rings is 2. The Morgan fingerprint density at radius 3 is 2.38 bits per heavy atom. The van der Waals surface area contributed by atoms with Crippen LogP contribution in [0.25, 0.3) is 11.6 Å². The summed E-state index contributed by atoms with van der Waals surface area (Å²) in [6.07, 6.45) is 3.20. The van der Waals surface area contributed by atoms with E-state index in [0.29, 0.717) is 23.5 Å². The van der Waals surface area contributed by atoms with Gasteiger partial charge in [0.25, 0.3) is 0 Å². The van der Waals surface area contributed by atoms with Gasteiger partial charge in [-0.25, -0.2) is 0 Å². The van der Waals surface area contributed by atoms with E-state index in [0.717, 1.165) is 23.3 Å². The third kappa shape index (κ3) is 3.00. The van der Waals surface area contributed by atoms with Gasteiger partial charge in [0.15, 0.2) is 17.3 Å². The van der Waals surface area contributed by atoms with Crippen molar-refractivity contribution in [2.45, 2.75) is 12.8 Å². The number of rotatable bonds is 4. The number of carbonyl (C=O) groups is 1. The normalized spacial score (nSPS) is 15.1. The largest absolute Gasteiger partial charge is 0.497 e. The number of hydrogen-bond acceptors (Lipinski definition) is 4. The van der Waals surface area contributed by atoms with Crippen LogP contribution in [0.2, 0.25) is 0 Å². The van der Waals surface area contributed by atoms with Crippen molar-refractivity contribution in [3.63, 3.8) is 0 Å². The minimum Gasteiger partial charge on any atom is -0.497 e. The molecule has 1 aliphatic rings. The molecule has 0 saturated carbocycles. The van der Waals surface area contributed by atoms with Gasteiger partial charge in [0.05, 0.1) is 21.3 Å². The van der Waals surface area contributed by atoms with Gasteiger partial charge in [-0.05, 0) is 53.5 Å². The number of carbonyl (C=O) groups excluding carboxylic acids is 1. The molecule has 3 rings (SSSR count). The summed E-state index contributed by atoms with van der Waals surface area (Å²) in [6, 6.07) is 11.5. The first-order chi connectivity index (χ1) is 11.7. The highest BCUT2D eigenvalue weighted by atomic mass is 16.5. The Kier molecular flexibility index (Phi) is 4.56. The summed E-state index contributed by atoms with van der Waals surface area (Å²) in [4.78, 5) is 12.5. The molecule has 2 aromatic rings. The third-order valence-corrected chi connectivity index (χ3v) is 4.25. The SMILES string of the molecule is COc1ccc2c(c1)/C(=C\c1ccc(OC)c(OC)c1)C(=O)CC2. The maximum atomic E-state index is 12.5. The van der Waals surface area contributed by atoms with Gasteiger partial charge in [-0.2, -0.15) is 0 Å². The number of ether oxygens (including phenoxy) is 3. The predicted molar refractivity (Wildman–Crippen MR) is 93.7 cm³/mol. The quantitative estimate of drug-likeness (QED) is 0.803. The molecule has 4 heteroatoms. The van der Waals surface area contributed by atoms with Crippen LogP contribution in [0.15, 0.2) is 36.4 Å². The lowest BCUT2D eigenvalue weighted by Crippen LogP contribution is -2.12. The molecule has 1 aliphatic carbocycles. The van der Waals surface area contributed by atoms with Crippen LogP contribution in [0, 0.1) is 0 Å². The van der Waals surface area contributed by atoms with Crippen molar-refractivity contribution >= 4 is 17.4 Å². The van der Waals surface area contributed by atoms with E-state index in [9.17, 15) is 4.79 Å². The molecular weight excluding hydrogens is 304 g/mol. The molecule has 24 heavy (non-hydrogen) atoms. The molecular formula is C20H20O4. The zero-order valence-corrected chi connectivity index (χ0v) is 14.1. The van der Waals surface area contributed by atoms with Crippen LogP contribution < -0.4 is 14.2 Å². The second-order valence-corrected chi connectivity index (χ2v) is 5.62. The Morgan fingerprint density at radius 1 is 0.875 bits per heavy atom. The van der Waals surface area contributed by atoms with Crippen LogP contribution in [0.5, 0.6) is 17.2 Å². The summed E-state index contributed by atoms with van der Waals surface area (Å²) >= 11 is 0. The summed E-state index contributed by atoms with van der Waals surface area (Å²) in [5, 5.41) is 0. The highest BCUT2D eigenvalue weighted by Gasteiger charge is 2.22. The predicted octanol–water partition coefficient (Wildman–Crippen LogP) is 3.77. The van der Waals surface area contributed by atoms with Crippen molar-refractivity contribution in [1.82, 2.24) is 0 Å². The van der Waals surface area contributed by atoms with Crippen LogP contribution in [-0.2, 0) is 11.2 Å². The van der Waals surface area contributed by atoms with Gasteiger partial charge in [0, 0.05) is 12.0 Å². The summed E-state index contributed by atoms with van der Waals surface area (Å²) in [7, 11) is 4.83. The lowest BCUT2D eigenvalue weighted by molar-refractivity contribution is -0.113. The molecule has 4 nitrogen and oxygen atoms in total. The summed E-state index contributed by atoms with van der Waals surface area (Å²) in [5.41, 5.74) is 3.72. The molecule has 2 aromatic carbocycles. The third-order valence-electron chi connectivity index (χ3n) is 4.25. The van der Waals surface area contributed by atoms with Crippen molar-refractivity contribution in [3.05, 3.63) is 53.1 Å². The van der Waals surface area contributed by atoms with E-state index in [1.807, 2.05) is 42.5 Å². The lowest BCUT2D eigenvalue weighted by Gasteiger charge is -2.19. The first-order valence-electron chi connectivity index (χ1n) is 7.80. The van der Waals surface area contributed by atoms with Crippen LogP contribution in [0.3, 0.4) is 0 Å². The topological polar surface area (TPSA) is 44.8 Å².